The van der Waals surface area contributed by atoms with Gasteiger partial charge in [-0.25, -0.2) is 8.78 Å². The molecule has 2 aromatic rings. The van der Waals surface area contributed by atoms with Crippen molar-refractivity contribution in [2.24, 2.45) is 0 Å². The number of hydrogen-bond acceptors (Lipinski definition) is 0. The first-order valence-electron chi connectivity index (χ1n) is 5.86. The van der Waals surface area contributed by atoms with Crippen molar-refractivity contribution in [3.8, 4) is 0 Å². The third-order valence-electron chi connectivity index (χ3n) is 3.10. The van der Waals surface area contributed by atoms with E-state index in [1.807, 2.05) is 19.1 Å². The zero-order chi connectivity index (χ0) is 15.0. The van der Waals surface area contributed by atoms with Crippen molar-refractivity contribution in [1.29, 1.82) is 0 Å². The van der Waals surface area contributed by atoms with Crippen molar-refractivity contribution in [3.05, 3.63) is 67.1 Å². The average molecular weight is 469 g/mol. The predicted octanol–water partition coefficient (Wildman–Crippen LogP) is 6.59. The second-order valence-electron chi connectivity index (χ2n) is 4.61. The van der Waals surface area contributed by atoms with Gasteiger partial charge in [0.05, 0.1) is 4.83 Å². The Balaban J connectivity index is 2.54. The van der Waals surface area contributed by atoms with Crippen LogP contribution in [0.25, 0.3) is 0 Å². The van der Waals surface area contributed by atoms with Gasteiger partial charge >= 0.3 is 0 Å². The molecule has 0 aromatic heterocycles. The highest BCUT2D eigenvalue weighted by atomic mass is 79.9. The summed E-state index contributed by atoms with van der Waals surface area (Å²) in [4.78, 5) is -0.354. The first kappa shape index (κ1) is 16.1. The van der Waals surface area contributed by atoms with E-state index in [1.165, 1.54) is 6.07 Å². The van der Waals surface area contributed by atoms with Crippen LogP contribution in [0.3, 0.4) is 0 Å². The summed E-state index contributed by atoms with van der Waals surface area (Å²) in [6.45, 7) is 3.60. The molecule has 2 aromatic carbocycles. The predicted molar refractivity (Wildman–Crippen MR) is 88.4 cm³/mol. The molecule has 2 rings (SSSR count). The van der Waals surface area contributed by atoms with Crippen LogP contribution >= 0.6 is 47.8 Å². The summed E-state index contributed by atoms with van der Waals surface area (Å²) in [5.41, 5.74) is 2.80. The smallest absolute Gasteiger partial charge is 0.130 e. The number of alkyl halides is 1. The Morgan fingerprint density at radius 3 is 2.10 bits per heavy atom. The first-order valence-corrected chi connectivity index (χ1v) is 8.36. The van der Waals surface area contributed by atoms with Crippen LogP contribution in [0.2, 0.25) is 0 Å². The highest BCUT2D eigenvalue weighted by molar-refractivity contribution is 9.11. The SMILES string of the molecule is Cc1cc(C(Br)c2cc(Br)c(C)cc2Br)c(F)cc1F. The fraction of sp³-hybridized carbons (Fsp3) is 0.200. The number of aryl methyl sites for hydroxylation is 2. The van der Waals surface area contributed by atoms with Crippen molar-refractivity contribution in [3.63, 3.8) is 0 Å². The van der Waals surface area contributed by atoms with Crippen LogP contribution in [0.5, 0.6) is 0 Å². The van der Waals surface area contributed by atoms with Crippen LogP contribution in [0.15, 0.2) is 33.2 Å². The van der Waals surface area contributed by atoms with Crippen LogP contribution < -0.4 is 0 Å². The number of halogens is 5. The third kappa shape index (κ3) is 3.15. The topological polar surface area (TPSA) is 0 Å². The molecular weight excluding hydrogens is 458 g/mol. The van der Waals surface area contributed by atoms with Gasteiger partial charge in [0.15, 0.2) is 0 Å². The third-order valence-corrected chi connectivity index (χ3v) is 5.63. The molecule has 1 atom stereocenters. The van der Waals surface area contributed by atoms with E-state index in [1.54, 1.807) is 6.92 Å². The summed E-state index contributed by atoms with van der Waals surface area (Å²) in [5.74, 6) is -1.09. The van der Waals surface area contributed by atoms with Crippen molar-refractivity contribution >= 4 is 47.8 Å². The van der Waals surface area contributed by atoms with E-state index >= 15 is 0 Å². The Labute approximate surface area is 142 Å². The van der Waals surface area contributed by atoms with Gasteiger partial charge in [0.1, 0.15) is 11.6 Å². The van der Waals surface area contributed by atoms with Crippen molar-refractivity contribution in [2.45, 2.75) is 18.7 Å². The lowest BCUT2D eigenvalue weighted by molar-refractivity contribution is 0.569. The van der Waals surface area contributed by atoms with Crippen LogP contribution in [0.4, 0.5) is 8.78 Å². The maximum atomic E-state index is 14.0. The highest BCUT2D eigenvalue weighted by Crippen LogP contribution is 2.39. The molecule has 0 radical (unpaired) electrons. The van der Waals surface area contributed by atoms with E-state index in [0.29, 0.717) is 11.1 Å². The normalized spacial score (nSPS) is 12.6. The quantitative estimate of drug-likeness (QED) is 0.436. The van der Waals surface area contributed by atoms with Crippen molar-refractivity contribution < 1.29 is 8.78 Å². The van der Waals surface area contributed by atoms with E-state index in [2.05, 4.69) is 47.8 Å². The molecule has 0 fully saturated rings. The van der Waals surface area contributed by atoms with Gasteiger partial charge in [-0.15, -0.1) is 0 Å². The lowest BCUT2D eigenvalue weighted by atomic mass is 10.0. The van der Waals surface area contributed by atoms with E-state index in [9.17, 15) is 8.78 Å². The van der Waals surface area contributed by atoms with Crippen molar-refractivity contribution in [1.82, 2.24) is 0 Å². The summed E-state index contributed by atoms with van der Waals surface area (Å²) >= 11 is 10.5. The number of hydrogen-bond donors (Lipinski definition) is 0. The van der Waals surface area contributed by atoms with Gasteiger partial charge in [-0.05, 0) is 48.7 Å². The van der Waals surface area contributed by atoms with Crippen LogP contribution in [-0.2, 0) is 0 Å². The summed E-state index contributed by atoms with van der Waals surface area (Å²) in [6, 6.07) is 6.35. The maximum absolute atomic E-state index is 14.0. The Hall–Kier alpha value is -0.260. The highest BCUT2D eigenvalue weighted by Gasteiger charge is 2.20. The maximum Gasteiger partial charge on any atom is 0.130 e. The van der Waals surface area contributed by atoms with E-state index in [-0.39, 0.29) is 4.83 Å². The van der Waals surface area contributed by atoms with Gasteiger partial charge in [-0.2, -0.15) is 0 Å². The molecule has 0 heterocycles. The summed E-state index contributed by atoms with van der Waals surface area (Å²) < 4.78 is 29.2. The molecule has 0 saturated heterocycles. The van der Waals surface area contributed by atoms with E-state index < -0.39 is 11.6 Å². The molecular formula is C15H11Br3F2. The Kier molecular flexibility index (Phi) is 5.03. The van der Waals surface area contributed by atoms with Gasteiger partial charge in [0.25, 0.3) is 0 Å². The fourth-order valence-corrected chi connectivity index (χ4v) is 3.98. The molecule has 0 aliphatic carbocycles. The average Bonchev–Trinajstić information content (AvgIpc) is 2.37. The van der Waals surface area contributed by atoms with Gasteiger partial charge < -0.3 is 0 Å². The fourth-order valence-electron chi connectivity index (χ4n) is 1.90. The summed E-state index contributed by atoms with van der Waals surface area (Å²) in [5, 5.41) is 0. The van der Waals surface area contributed by atoms with Gasteiger partial charge in [-0.1, -0.05) is 47.8 Å². The van der Waals surface area contributed by atoms with Crippen LogP contribution in [-0.4, -0.2) is 0 Å². The zero-order valence-electron chi connectivity index (χ0n) is 10.8. The number of benzene rings is 2. The molecule has 0 spiro atoms. The minimum absolute atomic E-state index is 0.354. The summed E-state index contributed by atoms with van der Waals surface area (Å²) in [6.07, 6.45) is 0. The monoisotopic (exact) mass is 466 g/mol. The van der Waals surface area contributed by atoms with E-state index in [4.69, 9.17) is 0 Å². The lowest BCUT2D eigenvalue weighted by Gasteiger charge is -2.16. The van der Waals surface area contributed by atoms with Gasteiger partial charge in [-0.3, -0.25) is 0 Å². The minimum Gasteiger partial charge on any atom is -0.207 e. The first-order chi connectivity index (χ1) is 9.31. The Bertz CT molecular complexity index is 611. The van der Waals surface area contributed by atoms with Gasteiger partial charge in [0, 0.05) is 20.6 Å². The lowest BCUT2D eigenvalue weighted by Crippen LogP contribution is -2.01. The second kappa shape index (κ2) is 6.24. The van der Waals surface area contributed by atoms with Crippen LogP contribution in [0.1, 0.15) is 27.1 Å². The Morgan fingerprint density at radius 1 is 0.800 bits per heavy atom. The molecule has 1 unspecified atom stereocenters. The Morgan fingerprint density at radius 2 is 1.45 bits per heavy atom. The molecule has 0 bridgehead atoms. The van der Waals surface area contributed by atoms with Crippen molar-refractivity contribution in [2.75, 3.05) is 0 Å². The molecule has 0 aliphatic heterocycles. The molecule has 106 valence electrons. The zero-order valence-corrected chi connectivity index (χ0v) is 15.5. The molecule has 0 amide bonds. The number of rotatable bonds is 2. The minimum atomic E-state index is -0.557. The van der Waals surface area contributed by atoms with Gasteiger partial charge in [0.2, 0.25) is 0 Å². The molecule has 5 heteroatoms. The largest absolute Gasteiger partial charge is 0.207 e. The van der Waals surface area contributed by atoms with Crippen LogP contribution in [0, 0.1) is 25.5 Å². The summed E-state index contributed by atoms with van der Waals surface area (Å²) in [7, 11) is 0. The van der Waals surface area contributed by atoms with E-state index in [0.717, 1.165) is 26.1 Å². The second-order valence-corrected chi connectivity index (χ2v) is 7.23. The molecule has 0 nitrogen and oxygen atoms in total. The molecule has 0 N–H and O–H groups in total. The molecule has 20 heavy (non-hydrogen) atoms. The molecule has 0 aliphatic rings. The standard InChI is InChI=1S/C15H11Br3F2/c1-7-4-12(17)9(5-11(7)16)15(18)10-3-8(2)13(19)6-14(10)20/h3-6,15H,1-2H3. The molecule has 0 saturated carbocycles.